The van der Waals surface area contributed by atoms with E-state index in [1.165, 1.54) is 0 Å². The van der Waals surface area contributed by atoms with Crippen molar-refractivity contribution >= 4 is 23.2 Å². The highest BCUT2D eigenvalue weighted by Crippen LogP contribution is 2.30. The Labute approximate surface area is 180 Å². The number of hydrogen-bond donors (Lipinski definition) is 2. The van der Waals surface area contributed by atoms with E-state index in [1.807, 2.05) is 37.3 Å². The summed E-state index contributed by atoms with van der Waals surface area (Å²) in [6.45, 7) is 1.84. The molecular weight excluding hydrogens is 394 g/mol. The molecule has 1 aromatic heterocycles. The number of nitrogens with zero attached hydrogens (tertiary/aromatic N) is 1. The molecule has 2 aromatic carbocycles. The number of fused-ring (bicyclic) bond motifs is 1. The van der Waals surface area contributed by atoms with Gasteiger partial charge in [0.15, 0.2) is 5.76 Å². The average molecular weight is 417 g/mol. The molecule has 1 aliphatic carbocycles. The van der Waals surface area contributed by atoms with Crippen LogP contribution in [-0.2, 0) is 6.42 Å². The number of furan rings is 1. The Morgan fingerprint density at radius 2 is 1.84 bits per heavy atom. The van der Waals surface area contributed by atoms with Gasteiger partial charge in [-0.1, -0.05) is 24.3 Å². The standard InChI is InChI=1S/C24H23N3O4/c1-15-21-19(26-27-23(28)16-8-6-11-18(14-16)30-2)12-7-13-20(21)31-22(15)24(29)25-17-9-4-3-5-10-17/h3-6,8-11,14H,7,12-13H2,1-2H3,(H,25,29)(H,27,28)/b26-19+. The van der Waals surface area contributed by atoms with E-state index in [1.54, 1.807) is 31.4 Å². The fourth-order valence-corrected chi connectivity index (χ4v) is 3.65. The average Bonchev–Trinajstić information content (AvgIpc) is 3.15. The van der Waals surface area contributed by atoms with E-state index in [2.05, 4.69) is 15.8 Å². The van der Waals surface area contributed by atoms with Crippen LogP contribution in [0.1, 0.15) is 50.6 Å². The van der Waals surface area contributed by atoms with Crippen LogP contribution in [0.4, 0.5) is 5.69 Å². The third kappa shape index (κ3) is 4.35. The highest BCUT2D eigenvalue weighted by molar-refractivity contribution is 6.09. The fourth-order valence-electron chi connectivity index (χ4n) is 3.65. The maximum absolute atomic E-state index is 12.7. The maximum atomic E-state index is 12.7. The van der Waals surface area contributed by atoms with Crippen LogP contribution in [0.3, 0.4) is 0 Å². The Morgan fingerprint density at radius 1 is 1.03 bits per heavy atom. The lowest BCUT2D eigenvalue weighted by molar-refractivity contribution is 0.0953. The Kier molecular flexibility index (Phi) is 5.84. The van der Waals surface area contributed by atoms with Gasteiger partial charge in [0.25, 0.3) is 11.8 Å². The van der Waals surface area contributed by atoms with Gasteiger partial charge in [0.1, 0.15) is 11.5 Å². The minimum atomic E-state index is -0.332. The van der Waals surface area contributed by atoms with Crippen molar-refractivity contribution < 1.29 is 18.7 Å². The summed E-state index contributed by atoms with van der Waals surface area (Å²) >= 11 is 0. The number of para-hydroxylation sites is 1. The Morgan fingerprint density at radius 3 is 2.61 bits per heavy atom. The molecule has 0 spiro atoms. The molecule has 0 aliphatic heterocycles. The predicted octanol–water partition coefficient (Wildman–Crippen LogP) is 4.32. The van der Waals surface area contributed by atoms with Crippen molar-refractivity contribution in [2.24, 2.45) is 5.10 Å². The van der Waals surface area contributed by atoms with Crippen LogP contribution in [0.5, 0.6) is 5.75 Å². The monoisotopic (exact) mass is 417 g/mol. The van der Waals surface area contributed by atoms with E-state index < -0.39 is 0 Å². The first-order valence-electron chi connectivity index (χ1n) is 10.1. The fraction of sp³-hybridized carbons (Fsp3) is 0.208. The number of carbonyl (C=O) groups is 2. The van der Waals surface area contributed by atoms with E-state index >= 15 is 0 Å². The zero-order chi connectivity index (χ0) is 21.8. The summed E-state index contributed by atoms with van der Waals surface area (Å²) in [5, 5.41) is 7.21. The van der Waals surface area contributed by atoms with Crippen LogP contribution < -0.4 is 15.5 Å². The number of hydrazone groups is 1. The number of carbonyl (C=O) groups excluding carboxylic acids is 2. The summed E-state index contributed by atoms with van der Waals surface area (Å²) < 4.78 is 11.1. The van der Waals surface area contributed by atoms with Crippen LogP contribution in [-0.4, -0.2) is 24.6 Å². The Balaban J connectivity index is 1.56. The summed E-state index contributed by atoms with van der Waals surface area (Å²) in [6, 6.07) is 16.1. The van der Waals surface area contributed by atoms with Gasteiger partial charge >= 0.3 is 0 Å². The molecule has 0 bridgehead atoms. The number of methoxy groups -OCH3 is 1. The molecule has 0 unspecified atom stereocenters. The summed E-state index contributed by atoms with van der Waals surface area (Å²) in [5.74, 6) is 0.943. The number of ether oxygens (including phenoxy) is 1. The first-order valence-corrected chi connectivity index (χ1v) is 10.1. The minimum absolute atomic E-state index is 0.266. The zero-order valence-corrected chi connectivity index (χ0v) is 17.4. The molecule has 0 saturated carbocycles. The minimum Gasteiger partial charge on any atom is -0.497 e. The van der Waals surface area contributed by atoms with Crippen molar-refractivity contribution in [3.8, 4) is 5.75 Å². The van der Waals surface area contributed by atoms with Crippen molar-refractivity contribution in [3.05, 3.63) is 82.8 Å². The lowest BCUT2D eigenvalue weighted by Crippen LogP contribution is -2.22. The summed E-state index contributed by atoms with van der Waals surface area (Å²) in [4.78, 5) is 25.3. The van der Waals surface area contributed by atoms with Crippen LogP contribution in [0.15, 0.2) is 64.1 Å². The van der Waals surface area contributed by atoms with Gasteiger partial charge in [-0.15, -0.1) is 0 Å². The molecule has 0 fully saturated rings. The number of aryl methyl sites for hydroxylation is 1. The van der Waals surface area contributed by atoms with Crippen LogP contribution in [0, 0.1) is 6.92 Å². The number of rotatable bonds is 5. The van der Waals surface area contributed by atoms with Gasteiger partial charge in [0.05, 0.1) is 12.8 Å². The summed E-state index contributed by atoms with van der Waals surface area (Å²) in [6.07, 6.45) is 2.23. The molecule has 2 N–H and O–H groups in total. The van der Waals surface area contributed by atoms with Gasteiger partial charge < -0.3 is 14.5 Å². The van der Waals surface area contributed by atoms with Gasteiger partial charge in [-0.05, 0) is 50.1 Å². The van der Waals surface area contributed by atoms with E-state index in [4.69, 9.17) is 9.15 Å². The van der Waals surface area contributed by atoms with Gasteiger partial charge in [0, 0.05) is 28.8 Å². The van der Waals surface area contributed by atoms with Crippen molar-refractivity contribution in [1.82, 2.24) is 5.43 Å². The van der Waals surface area contributed by atoms with Crippen LogP contribution in [0.2, 0.25) is 0 Å². The van der Waals surface area contributed by atoms with Crippen molar-refractivity contribution in [3.63, 3.8) is 0 Å². The number of nitrogens with one attached hydrogen (secondary N) is 2. The van der Waals surface area contributed by atoms with E-state index in [9.17, 15) is 9.59 Å². The molecule has 3 aromatic rings. The largest absolute Gasteiger partial charge is 0.497 e. The molecular formula is C24H23N3O4. The first kappa shape index (κ1) is 20.4. The molecule has 1 heterocycles. The van der Waals surface area contributed by atoms with Crippen LogP contribution in [0.25, 0.3) is 0 Å². The summed E-state index contributed by atoms with van der Waals surface area (Å²) in [7, 11) is 1.55. The van der Waals surface area contributed by atoms with Crippen molar-refractivity contribution in [2.75, 3.05) is 12.4 Å². The molecule has 7 nitrogen and oxygen atoms in total. The second-order valence-electron chi connectivity index (χ2n) is 7.26. The molecule has 1 aliphatic rings. The molecule has 2 amide bonds. The highest BCUT2D eigenvalue weighted by atomic mass is 16.5. The molecule has 31 heavy (non-hydrogen) atoms. The van der Waals surface area contributed by atoms with E-state index in [0.29, 0.717) is 29.1 Å². The molecule has 7 heteroatoms. The smallest absolute Gasteiger partial charge is 0.291 e. The maximum Gasteiger partial charge on any atom is 0.291 e. The zero-order valence-electron chi connectivity index (χ0n) is 17.4. The number of anilines is 1. The number of hydrogen-bond acceptors (Lipinski definition) is 5. The molecule has 0 radical (unpaired) electrons. The second kappa shape index (κ2) is 8.87. The lowest BCUT2D eigenvalue weighted by Gasteiger charge is -2.13. The van der Waals surface area contributed by atoms with Crippen LogP contribution >= 0.6 is 0 Å². The Bertz CT molecular complexity index is 1150. The predicted molar refractivity (Wildman–Crippen MR) is 118 cm³/mol. The van der Waals surface area contributed by atoms with E-state index in [0.717, 1.165) is 29.7 Å². The van der Waals surface area contributed by atoms with Gasteiger partial charge in [-0.25, -0.2) is 5.43 Å². The summed E-state index contributed by atoms with van der Waals surface area (Å²) in [5.41, 5.74) is 5.99. The molecule has 158 valence electrons. The third-order valence-corrected chi connectivity index (χ3v) is 5.19. The van der Waals surface area contributed by atoms with Crippen molar-refractivity contribution in [2.45, 2.75) is 26.2 Å². The Hall–Kier alpha value is -3.87. The molecule has 4 rings (SSSR count). The number of benzene rings is 2. The second-order valence-corrected chi connectivity index (χ2v) is 7.26. The highest BCUT2D eigenvalue weighted by Gasteiger charge is 2.28. The molecule has 0 atom stereocenters. The first-order chi connectivity index (χ1) is 15.1. The molecule has 0 saturated heterocycles. The van der Waals surface area contributed by atoms with E-state index in [-0.39, 0.29) is 17.6 Å². The van der Waals surface area contributed by atoms with Gasteiger partial charge in [-0.2, -0.15) is 5.10 Å². The lowest BCUT2D eigenvalue weighted by atomic mass is 9.93. The SMILES string of the molecule is COc1cccc(C(=O)N/N=C2\CCCc3oc(C(=O)Nc4ccccc4)c(C)c32)c1. The van der Waals surface area contributed by atoms with Gasteiger partial charge in [0.2, 0.25) is 0 Å². The van der Waals surface area contributed by atoms with Crippen molar-refractivity contribution in [1.29, 1.82) is 0 Å². The van der Waals surface area contributed by atoms with Gasteiger partial charge in [-0.3, -0.25) is 9.59 Å². The number of amides is 2. The normalized spacial score (nSPS) is 14.1. The quantitative estimate of drug-likeness (QED) is 0.605. The third-order valence-electron chi connectivity index (χ3n) is 5.19. The topological polar surface area (TPSA) is 92.9 Å².